The highest BCUT2D eigenvalue weighted by atomic mass is 16.4. The van der Waals surface area contributed by atoms with E-state index in [-0.39, 0.29) is 24.3 Å². The number of carboxylic acid groups (broad SMARTS) is 1. The first-order chi connectivity index (χ1) is 11.5. The van der Waals surface area contributed by atoms with Gasteiger partial charge in [0, 0.05) is 19.0 Å². The number of rotatable bonds is 4. The zero-order valence-corrected chi connectivity index (χ0v) is 13.2. The zero-order valence-electron chi connectivity index (χ0n) is 13.2. The van der Waals surface area contributed by atoms with E-state index in [1.807, 2.05) is 0 Å². The molecule has 2 heterocycles. The number of hydrogen-bond acceptors (Lipinski definition) is 5. The third-order valence-corrected chi connectivity index (χ3v) is 4.54. The second-order valence-corrected chi connectivity index (χ2v) is 6.19. The summed E-state index contributed by atoms with van der Waals surface area (Å²) in [4.78, 5) is 39.7. The van der Waals surface area contributed by atoms with Crippen molar-refractivity contribution in [1.82, 2.24) is 10.3 Å². The molecule has 0 aromatic carbocycles. The Kier molecular flexibility index (Phi) is 4.64. The molecule has 2 fully saturated rings. The second kappa shape index (κ2) is 6.86. The lowest BCUT2D eigenvalue weighted by Gasteiger charge is -2.28. The number of urea groups is 1. The van der Waals surface area contributed by atoms with E-state index in [4.69, 9.17) is 5.11 Å². The zero-order chi connectivity index (χ0) is 17.1. The van der Waals surface area contributed by atoms with Gasteiger partial charge in [-0.2, -0.15) is 0 Å². The molecule has 0 bridgehead atoms. The molecule has 3 amide bonds. The molecule has 2 aliphatic rings. The lowest BCUT2D eigenvalue weighted by molar-refractivity contribution is -0.142. The topological polar surface area (TPSA) is 112 Å². The number of aliphatic carboxylic acids is 1. The van der Waals surface area contributed by atoms with Gasteiger partial charge in [-0.1, -0.05) is 0 Å². The lowest BCUT2D eigenvalue weighted by atomic mass is 9.86. The van der Waals surface area contributed by atoms with E-state index in [2.05, 4.69) is 15.6 Å². The highest BCUT2D eigenvalue weighted by Crippen LogP contribution is 2.27. The van der Waals surface area contributed by atoms with Crippen molar-refractivity contribution in [3.63, 3.8) is 0 Å². The maximum Gasteiger partial charge on any atom is 0.328 e. The Hall–Kier alpha value is -2.64. The van der Waals surface area contributed by atoms with Gasteiger partial charge in [-0.25, -0.2) is 9.78 Å². The SMILES string of the molecule is O=C1CCN(c2ccc(NC3CCC(C(=O)O)CC3)nc2)C(=O)N1. The molecule has 0 spiro atoms. The molecule has 1 aliphatic heterocycles. The number of anilines is 2. The van der Waals surface area contributed by atoms with Gasteiger partial charge in [-0.05, 0) is 37.8 Å². The first-order valence-electron chi connectivity index (χ1n) is 8.09. The van der Waals surface area contributed by atoms with Crippen molar-refractivity contribution < 1.29 is 19.5 Å². The van der Waals surface area contributed by atoms with Gasteiger partial charge in [0.15, 0.2) is 0 Å². The van der Waals surface area contributed by atoms with Gasteiger partial charge in [0.25, 0.3) is 0 Å². The first-order valence-corrected chi connectivity index (χ1v) is 8.09. The fourth-order valence-electron chi connectivity index (χ4n) is 3.14. The molecule has 24 heavy (non-hydrogen) atoms. The number of nitrogens with one attached hydrogen (secondary N) is 2. The van der Waals surface area contributed by atoms with Crippen LogP contribution in [0.15, 0.2) is 18.3 Å². The van der Waals surface area contributed by atoms with Crippen LogP contribution in [0.3, 0.4) is 0 Å². The molecule has 0 atom stereocenters. The minimum Gasteiger partial charge on any atom is -0.481 e. The number of imide groups is 1. The normalized spacial score (nSPS) is 24.4. The molecule has 3 N–H and O–H groups in total. The van der Waals surface area contributed by atoms with Crippen LogP contribution in [-0.4, -0.2) is 40.6 Å². The molecule has 1 aliphatic carbocycles. The molecular weight excluding hydrogens is 312 g/mol. The van der Waals surface area contributed by atoms with Crippen LogP contribution in [0.2, 0.25) is 0 Å². The summed E-state index contributed by atoms with van der Waals surface area (Å²) in [6, 6.07) is 3.37. The number of aromatic nitrogens is 1. The van der Waals surface area contributed by atoms with Crippen molar-refractivity contribution in [3.8, 4) is 0 Å². The average molecular weight is 332 g/mol. The van der Waals surface area contributed by atoms with Gasteiger partial charge in [0.2, 0.25) is 5.91 Å². The van der Waals surface area contributed by atoms with Crippen LogP contribution in [0, 0.1) is 5.92 Å². The maximum absolute atomic E-state index is 11.8. The third kappa shape index (κ3) is 3.64. The largest absolute Gasteiger partial charge is 0.481 e. The van der Waals surface area contributed by atoms with E-state index in [0.717, 1.165) is 12.8 Å². The number of nitrogens with zero attached hydrogens (tertiary/aromatic N) is 2. The van der Waals surface area contributed by atoms with E-state index in [0.29, 0.717) is 30.9 Å². The minimum atomic E-state index is -0.714. The van der Waals surface area contributed by atoms with Gasteiger partial charge < -0.3 is 10.4 Å². The highest BCUT2D eigenvalue weighted by Gasteiger charge is 2.26. The summed E-state index contributed by atoms with van der Waals surface area (Å²) in [6.07, 6.45) is 4.83. The number of amides is 3. The monoisotopic (exact) mass is 332 g/mol. The molecule has 0 unspecified atom stereocenters. The van der Waals surface area contributed by atoms with Crippen molar-refractivity contribution >= 4 is 29.4 Å². The molecule has 8 heteroatoms. The summed E-state index contributed by atoms with van der Waals surface area (Å²) >= 11 is 0. The van der Waals surface area contributed by atoms with Crippen molar-refractivity contribution in [3.05, 3.63) is 18.3 Å². The van der Waals surface area contributed by atoms with Gasteiger partial charge in [-0.3, -0.25) is 19.8 Å². The van der Waals surface area contributed by atoms with Gasteiger partial charge >= 0.3 is 12.0 Å². The van der Waals surface area contributed by atoms with E-state index >= 15 is 0 Å². The van der Waals surface area contributed by atoms with Crippen molar-refractivity contribution in [1.29, 1.82) is 0 Å². The average Bonchev–Trinajstić information content (AvgIpc) is 2.56. The quantitative estimate of drug-likeness (QED) is 0.772. The Balaban J connectivity index is 1.56. The Labute approximate surface area is 139 Å². The van der Waals surface area contributed by atoms with Gasteiger partial charge in [0.05, 0.1) is 17.8 Å². The summed E-state index contributed by atoms with van der Waals surface area (Å²) in [7, 11) is 0. The van der Waals surface area contributed by atoms with Crippen LogP contribution in [-0.2, 0) is 9.59 Å². The molecule has 128 valence electrons. The van der Waals surface area contributed by atoms with Crippen LogP contribution < -0.4 is 15.5 Å². The molecule has 3 rings (SSSR count). The van der Waals surface area contributed by atoms with Crippen molar-refractivity contribution in [2.75, 3.05) is 16.8 Å². The maximum atomic E-state index is 11.8. The van der Waals surface area contributed by atoms with Crippen LogP contribution >= 0.6 is 0 Å². The van der Waals surface area contributed by atoms with Crippen molar-refractivity contribution in [2.45, 2.75) is 38.1 Å². The summed E-state index contributed by atoms with van der Waals surface area (Å²) < 4.78 is 0. The molecule has 1 aromatic rings. The molecule has 1 saturated carbocycles. The van der Waals surface area contributed by atoms with Crippen LogP contribution in [0.4, 0.5) is 16.3 Å². The van der Waals surface area contributed by atoms with Crippen LogP contribution in [0.5, 0.6) is 0 Å². The fraction of sp³-hybridized carbons (Fsp3) is 0.500. The Morgan fingerprint density at radius 1 is 1.25 bits per heavy atom. The predicted octanol–water partition coefficient (Wildman–Crippen LogP) is 1.58. The highest BCUT2D eigenvalue weighted by molar-refractivity contribution is 6.05. The van der Waals surface area contributed by atoms with Crippen molar-refractivity contribution in [2.24, 2.45) is 5.92 Å². The summed E-state index contributed by atoms with van der Waals surface area (Å²) in [5.74, 6) is -0.515. The standard InChI is InChI=1S/C16H20N4O4/c21-14-7-8-20(16(24)19-14)12-5-6-13(17-9-12)18-11-3-1-10(2-4-11)15(22)23/h5-6,9-11H,1-4,7-8H2,(H,17,18)(H,22,23)(H,19,21,24). The van der Waals surface area contributed by atoms with E-state index in [1.165, 1.54) is 4.90 Å². The van der Waals surface area contributed by atoms with Gasteiger partial charge in [-0.15, -0.1) is 0 Å². The fourth-order valence-corrected chi connectivity index (χ4v) is 3.14. The second-order valence-electron chi connectivity index (χ2n) is 6.19. The first kappa shape index (κ1) is 16.2. The van der Waals surface area contributed by atoms with E-state index < -0.39 is 12.0 Å². The minimum absolute atomic E-state index is 0.217. The molecule has 8 nitrogen and oxygen atoms in total. The Morgan fingerprint density at radius 2 is 2.00 bits per heavy atom. The molecule has 1 saturated heterocycles. The lowest BCUT2D eigenvalue weighted by Crippen LogP contribution is -2.49. The number of hydrogen-bond donors (Lipinski definition) is 3. The van der Waals surface area contributed by atoms with Crippen LogP contribution in [0.25, 0.3) is 0 Å². The molecule has 0 radical (unpaired) electrons. The van der Waals surface area contributed by atoms with E-state index in [9.17, 15) is 14.4 Å². The van der Waals surface area contributed by atoms with E-state index in [1.54, 1.807) is 18.3 Å². The van der Waals surface area contributed by atoms with Gasteiger partial charge in [0.1, 0.15) is 5.82 Å². The smallest absolute Gasteiger partial charge is 0.328 e. The summed E-state index contributed by atoms with van der Waals surface area (Å²) in [5.41, 5.74) is 0.639. The number of carbonyl (C=O) groups excluding carboxylic acids is 2. The Morgan fingerprint density at radius 3 is 2.58 bits per heavy atom. The third-order valence-electron chi connectivity index (χ3n) is 4.54. The molecule has 1 aromatic heterocycles. The number of carboxylic acids is 1. The number of pyridine rings is 1. The number of carbonyl (C=O) groups is 3. The summed E-state index contributed by atoms with van der Waals surface area (Å²) in [5, 5.41) is 14.6. The Bertz CT molecular complexity index is 638. The molecular formula is C16H20N4O4. The van der Waals surface area contributed by atoms with Crippen LogP contribution in [0.1, 0.15) is 32.1 Å². The predicted molar refractivity (Wildman–Crippen MR) is 86.7 cm³/mol. The summed E-state index contributed by atoms with van der Waals surface area (Å²) in [6.45, 7) is 0.346.